The maximum atomic E-state index is 12.3. The van der Waals surface area contributed by atoms with Crippen molar-refractivity contribution in [3.8, 4) is 0 Å². The average Bonchev–Trinajstić information content (AvgIpc) is 3.23. The van der Waals surface area contributed by atoms with Crippen molar-refractivity contribution in [1.82, 2.24) is 26.6 Å². The lowest BCUT2D eigenvalue weighted by atomic mass is 10.1. The van der Waals surface area contributed by atoms with Crippen molar-refractivity contribution in [2.45, 2.75) is 25.3 Å². The Labute approximate surface area is 348 Å². The van der Waals surface area contributed by atoms with Crippen LogP contribution in [0.4, 0.5) is 0 Å². The Bertz CT molecular complexity index is 1030. The van der Waals surface area contributed by atoms with Crippen LogP contribution in [-0.2, 0) is 80.8 Å². The van der Waals surface area contributed by atoms with Gasteiger partial charge in [0.2, 0.25) is 29.5 Å². The van der Waals surface area contributed by atoms with Gasteiger partial charge in [-0.25, -0.2) is 0 Å². The number of rotatable bonds is 45. The molecule has 0 heterocycles. The zero-order chi connectivity index (χ0) is 43.3. The van der Waals surface area contributed by atoms with Crippen LogP contribution in [0.15, 0.2) is 0 Å². The molecule has 0 aliphatic carbocycles. The molecule has 22 nitrogen and oxygen atoms in total. The van der Waals surface area contributed by atoms with Crippen molar-refractivity contribution in [3.05, 3.63) is 0 Å². The molecule has 0 unspecified atom stereocenters. The zero-order valence-corrected chi connectivity index (χ0v) is 35.3. The topological polar surface area (TPSA) is 256 Å². The van der Waals surface area contributed by atoms with Crippen LogP contribution in [-0.4, -0.2) is 222 Å². The van der Waals surface area contributed by atoms with Gasteiger partial charge in [0.15, 0.2) is 0 Å². The highest BCUT2D eigenvalue weighted by Crippen LogP contribution is 2.01. The SMILES string of the molecule is CNC(=O)[C@H](CCCCNC(=O)COCCOCCOCCNC(=O)COCCOCCOC)NC(=O)COCCOCCOCCNC(=O)COCCOCCOC. The van der Waals surface area contributed by atoms with E-state index in [-0.39, 0.29) is 76.5 Å². The Hall–Kier alpha value is -3.13. The largest absolute Gasteiger partial charge is 0.382 e. The van der Waals surface area contributed by atoms with E-state index < -0.39 is 11.9 Å². The maximum absolute atomic E-state index is 12.3. The molecule has 0 aromatic carbocycles. The number of unbranched alkanes of at least 4 members (excludes halogenated alkanes) is 1. The van der Waals surface area contributed by atoms with E-state index in [0.29, 0.717) is 131 Å². The molecule has 0 saturated carbocycles. The number of ether oxygens (including phenoxy) is 12. The molecule has 0 rings (SSSR count). The molecule has 22 heteroatoms. The third-order valence-electron chi connectivity index (χ3n) is 7.31. The predicted molar refractivity (Wildman–Crippen MR) is 211 cm³/mol. The van der Waals surface area contributed by atoms with E-state index in [1.807, 2.05) is 0 Å². The molecular formula is C37H71N5O17. The first-order chi connectivity index (χ1) is 28.8. The van der Waals surface area contributed by atoms with Crippen LogP contribution < -0.4 is 26.6 Å². The van der Waals surface area contributed by atoms with Gasteiger partial charge in [-0.15, -0.1) is 0 Å². The number of methoxy groups -OCH3 is 2. The average molecular weight is 858 g/mol. The molecule has 0 saturated heterocycles. The highest BCUT2D eigenvalue weighted by Gasteiger charge is 2.19. The van der Waals surface area contributed by atoms with Crippen LogP contribution >= 0.6 is 0 Å². The molecule has 0 radical (unpaired) electrons. The van der Waals surface area contributed by atoms with Crippen LogP contribution in [0.5, 0.6) is 0 Å². The van der Waals surface area contributed by atoms with Crippen molar-refractivity contribution >= 4 is 29.5 Å². The van der Waals surface area contributed by atoms with Gasteiger partial charge in [-0.05, 0) is 19.3 Å². The number of carbonyl (C=O) groups excluding carboxylic acids is 5. The first-order valence-corrected chi connectivity index (χ1v) is 19.9. The number of likely N-dealkylation sites (N-methyl/N-ethyl adjacent to an activating group) is 1. The summed E-state index contributed by atoms with van der Waals surface area (Å²) in [5, 5.41) is 13.3. The summed E-state index contributed by atoms with van der Waals surface area (Å²) in [5.41, 5.74) is 0. The second kappa shape index (κ2) is 44.4. The first-order valence-electron chi connectivity index (χ1n) is 19.9. The van der Waals surface area contributed by atoms with E-state index in [9.17, 15) is 24.0 Å². The van der Waals surface area contributed by atoms with Crippen LogP contribution in [0, 0.1) is 0 Å². The summed E-state index contributed by atoms with van der Waals surface area (Å²) < 4.78 is 62.9. The molecule has 0 aliphatic heterocycles. The number of nitrogens with one attached hydrogen (secondary N) is 5. The van der Waals surface area contributed by atoms with Gasteiger partial charge >= 0.3 is 0 Å². The lowest BCUT2D eigenvalue weighted by molar-refractivity contribution is -0.131. The first kappa shape index (κ1) is 55.9. The Kier molecular flexibility index (Phi) is 42.1. The van der Waals surface area contributed by atoms with Crippen molar-refractivity contribution in [2.75, 3.05) is 186 Å². The lowest BCUT2D eigenvalue weighted by Crippen LogP contribution is -2.47. The Balaban J connectivity index is 3.69. The third-order valence-corrected chi connectivity index (χ3v) is 7.31. The summed E-state index contributed by atoms with van der Waals surface area (Å²) in [5.74, 6) is -1.53. The highest BCUT2D eigenvalue weighted by molar-refractivity contribution is 5.87. The molecule has 59 heavy (non-hydrogen) atoms. The minimum absolute atomic E-state index is 0.0508. The molecule has 0 aromatic heterocycles. The maximum Gasteiger partial charge on any atom is 0.246 e. The molecule has 5 N–H and O–H groups in total. The highest BCUT2D eigenvalue weighted by atomic mass is 16.6. The number of hydrogen-bond donors (Lipinski definition) is 5. The Morgan fingerprint density at radius 1 is 0.390 bits per heavy atom. The quantitative estimate of drug-likeness (QED) is 0.0388. The van der Waals surface area contributed by atoms with Crippen LogP contribution in [0.2, 0.25) is 0 Å². The van der Waals surface area contributed by atoms with Crippen molar-refractivity contribution in [1.29, 1.82) is 0 Å². The summed E-state index contributed by atoms with van der Waals surface area (Å²) in [6.45, 7) is 6.89. The van der Waals surface area contributed by atoms with E-state index in [0.717, 1.165) is 0 Å². The molecule has 0 bridgehead atoms. The monoisotopic (exact) mass is 857 g/mol. The molecule has 0 aliphatic rings. The number of amides is 5. The van der Waals surface area contributed by atoms with Gasteiger partial charge in [0.25, 0.3) is 0 Å². The van der Waals surface area contributed by atoms with Crippen molar-refractivity contribution in [3.63, 3.8) is 0 Å². The summed E-state index contributed by atoms with van der Waals surface area (Å²) in [7, 11) is 4.67. The molecule has 346 valence electrons. The summed E-state index contributed by atoms with van der Waals surface area (Å²) in [4.78, 5) is 60.1. The van der Waals surface area contributed by atoms with Crippen LogP contribution in [0.25, 0.3) is 0 Å². The fourth-order valence-electron chi connectivity index (χ4n) is 4.32. The molecule has 0 spiro atoms. The summed E-state index contributed by atoms with van der Waals surface area (Å²) >= 11 is 0. The fourth-order valence-corrected chi connectivity index (χ4v) is 4.32. The van der Waals surface area contributed by atoms with E-state index in [4.69, 9.17) is 56.8 Å². The van der Waals surface area contributed by atoms with E-state index in [1.54, 1.807) is 14.2 Å². The standard InChI is InChI=1S/C37H71N5O17/c1-38-37(47)32(42-36(46)31-59-27-23-55-19-17-51-11-9-41-35(45)30-58-25-21-53-15-13-49-3)6-4-5-7-39-33(43)28-56-26-22-54-18-16-50-10-8-40-34(44)29-57-24-20-52-14-12-48-2/h32H,4-31H2,1-3H3,(H,38,47)(H,39,43)(H,40,44)(H,41,45)(H,42,46)/t32-/m0/s1. The number of carbonyl (C=O) groups is 5. The third kappa shape index (κ3) is 41.4. The summed E-state index contributed by atoms with van der Waals surface area (Å²) in [6.07, 6.45) is 1.54. The molecule has 0 aromatic rings. The predicted octanol–water partition coefficient (Wildman–Crippen LogP) is -2.81. The van der Waals surface area contributed by atoms with Crippen molar-refractivity contribution < 1.29 is 80.8 Å². The van der Waals surface area contributed by atoms with Gasteiger partial charge in [0.1, 0.15) is 32.5 Å². The molecule has 1 atom stereocenters. The minimum Gasteiger partial charge on any atom is -0.382 e. The molecule has 5 amide bonds. The second-order valence-electron chi connectivity index (χ2n) is 12.2. The second-order valence-corrected chi connectivity index (χ2v) is 12.2. The van der Waals surface area contributed by atoms with Gasteiger partial charge in [-0.3, -0.25) is 24.0 Å². The smallest absolute Gasteiger partial charge is 0.246 e. The minimum atomic E-state index is -0.745. The zero-order valence-electron chi connectivity index (χ0n) is 35.3. The van der Waals surface area contributed by atoms with Gasteiger partial charge in [0, 0.05) is 40.9 Å². The van der Waals surface area contributed by atoms with Gasteiger partial charge < -0.3 is 83.4 Å². The van der Waals surface area contributed by atoms with Gasteiger partial charge in [0.05, 0.1) is 119 Å². The molecular weight excluding hydrogens is 786 g/mol. The van der Waals surface area contributed by atoms with E-state index >= 15 is 0 Å². The van der Waals surface area contributed by atoms with Gasteiger partial charge in [-0.2, -0.15) is 0 Å². The summed E-state index contributed by atoms with van der Waals surface area (Å²) in [6, 6.07) is -0.745. The van der Waals surface area contributed by atoms with E-state index in [1.165, 1.54) is 7.05 Å². The van der Waals surface area contributed by atoms with Crippen LogP contribution in [0.3, 0.4) is 0 Å². The normalized spacial score (nSPS) is 11.6. The lowest BCUT2D eigenvalue weighted by Gasteiger charge is -2.17. The molecule has 0 fully saturated rings. The van der Waals surface area contributed by atoms with Crippen LogP contribution in [0.1, 0.15) is 19.3 Å². The number of hydrogen-bond acceptors (Lipinski definition) is 17. The fraction of sp³-hybridized carbons (Fsp3) is 0.865. The van der Waals surface area contributed by atoms with E-state index in [2.05, 4.69) is 26.6 Å². The Morgan fingerprint density at radius 2 is 0.712 bits per heavy atom. The van der Waals surface area contributed by atoms with Gasteiger partial charge in [-0.1, -0.05) is 0 Å². The Morgan fingerprint density at radius 3 is 1.08 bits per heavy atom. The van der Waals surface area contributed by atoms with Crippen molar-refractivity contribution in [2.24, 2.45) is 0 Å².